The van der Waals surface area contributed by atoms with Gasteiger partial charge < -0.3 is 11.1 Å². The third-order valence-corrected chi connectivity index (χ3v) is 4.42. The second-order valence-electron chi connectivity index (χ2n) is 5.76. The maximum Gasteiger partial charge on any atom is 0.516 e. The molecule has 0 amide bonds. The van der Waals surface area contributed by atoms with Gasteiger partial charge >= 0.3 is 15.5 Å². The van der Waals surface area contributed by atoms with Gasteiger partial charge in [-0.05, 0) is 49.6 Å². The molecule has 4 N–H and O–H groups in total. The quantitative estimate of drug-likeness (QED) is 0.631. The van der Waals surface area contributed by atoms with Gasteiger partial charge in [0.05, 0.1) is 0 Å². The summed E-state index contributed by atoms with van der Waals surface area (Å²) in [6, 6.07) is 2.64. The molecule has 10 heteroatoms. The molecule has 0 aliphatic heterocycles. The molecule has 6 nitrogen and oxygen atoms in total. The van der Waals surface area contributed by atoms with Gasteiger partial charge in [0.15, 0.2) is 0 Å². The lowest BCUT2D eigenvalue weighted by molar-refractivity contribution is -0.0429. The largest absolute Gasteiger partial charge is 0.516 e. The van der Waals surface area contributed by atoms with Gasteiger partial charge in [-0.25, -0.2) is 4.98 Å². The SMILES string of the molecule is CCC/C(N)=C/C(C)N/C=C(\C)c1ccc(NS(=O)(=O)C(F)(F)F)nc1. The Hall–Kier alpha value is -2.23. The number of nitrogens with two attached hydrogens (primary N) is 1. The van der Waals surface area contributed by atoms with Crippen molar-refractivity contribution in [3.05, 3.63) is 41.9 Å². The van der Waals surface area contributed by atoms with E-state index >= 15 is 0 Å². The van der Waals surface area contributed by atoms with Crippen LogP contribution in [0.25, 0.3) is 5.57 Å². The van der Waals surface area contributed by atoms with Crippen molar-refractivity contribution in [3.63, 3.8) is 0 Å². The first-order valence-electron chi connectivity index (χ1n) is 7.90. The van der Waals surface area contributed by atoms with Crippen molar-refractivity contribution >= 4 is 21.4 Å². The first-order chi connectivity index (χ1) is 12.0. The van der Waals surface area contributed by atoms with Crippen LogP contribution >= 0.6 is 0 Å². The number of sulfonamides is 1. The standard InChI is InChI=1S/C16H23F3N4O2S/c1-4-5-14(20)8-12(3)21-9-11(2)13-6-7-15(22-10-13)23-26(24,25)16(17,18)19/h6-10,12,21H,4-5,20H2,1-3H3,(H,22,23)/b11-9+,14-8-. The molecule has 1 aromatic rings. The Kier molecular flexibility index (Phi) is 7.49. The number of aromatic nitrogens is 1. The van der Waals surface area contributed by atoms with Crippen LogP contribution < -0.4 is 15.8 Å². The van der Waals surface area contributed by atoms with Gasteiger partial charge in [-0.2, -0.15) is 21.6 Å². The summed E-state index contributed by atoms with van der Waals surface area (Å²) in [6.07, 6.45) is 6.69. The molecule has 1 aromatic heterocycles. The average molecular weight is 392 g/mol. The van der Waals surface area contributed by atoms with Crippen LogP contribution in [0.3, 0.4) is 0 Å². The van der Waals surface area contributed by atoms with Crippen LogP contribution in [0.15, 0.2) is 36.3 Å². The summed E-state index contributed by atoms with van der Waals surface area (Å²) in [7, 11) is -5.48. The maximum absolute atomic E-state index is 12.3. The van der Waals surface area contributed by atoms with E-state index in [0.717, 1.165) is 24.1 Å². The molecule has 0 saturated heterocycles. The highest BCUT2D eigenvalue weighted by atomic mass is 32.2. The van der Waals surface area contributed by atoms with Crippen molar-refractivity contribution in [1.82, 2.24) is 10.3 Å². The lowest BCUT2D eigenvalue weighted by Crippen LogP contribution is -2.30. The first-order valence-corrected chi connectivity index (χ1v) is 9.39. The molecule has 0 fully saturated rings. The number of pyridine rings is 1. The van der Waals surface area contributed by atoms with E-state index in [1.807, 2.05) is 19.9 Å². The van der Waals surface area contributed by atoms with E-state index < -0.39 is 21.3 Å². The Labute approximate surface area is 151 Å². The van der Waals surface area contributed by atoms with Crippen LogP contribution in [0, 0.1) is 0 Å². The molecule has 0 bridgehead atoms. The second-order valence-corrected chi connectivity index (χ2v) is 7.43. The summed E-state index contributed by atoms with van der Waals surface area (Å²) in [5.74, 6) is -0.407. The Morgan fingerprint density at radius 1 is 1.38 bits per heavy atom. The molecule has 1 heterocycles. The van der Waals surface area contributed by atoms with E-state index in [1.165, 1.54) is 23.1 Å². The summed E-state index contributed by atoms with van der Waals surface area (Å²) >= 11 is 0. The molecule has 26 heavy (non-hydrogen) atoms. The highest BCUT2D eigenvalue weighted by Crippen LogP contribution is 2.25. The van der Waals surface area contributed by atoms with Gasteiger partial charge in [0.2, 0.25) is 0 Å². The molecular formula is C16H23F3N4O2S. The molecule has 1 unspecified atom stereocenters. The van der Waals surface area contributed by atoms with Crippen LogP contribution in [0.5, 0.6) is 0 Å². The minimum Gasteiger partial charge on any atom is -0.402 e. The monoisotopic (exact) mass is 392 g/mol. The second kappa shape index (κ2) is 8.93. The van der Waals surface area contributed by atoms with Crippen LogP contribution in [0.2, 0.25) is 0 Å². The molecule has 0 aromatic carbocycles. The number of alkyl halides is 3. The van der Waals surface area contributed by atoms with Crippen molar-refractivity contribution in [2.24, 2.45) is 5.73 Å². The van der Waals surface area contributed by atoms with Crippen LogP contribution in [-0.2, 0) is 10.0 Å². The third kappa shape index (κ3) is 6.58. The topological polar surface area (TPSA) is 97.1 Å². The molecule has 146 valence electrons. The van der Waals surface area contributed by atoms with Gasteiger partial charge in [-0.3, -0.25) is 4.72 Å². The minimum atomic E-state index is -5.48. The lowest BCUT2D eigenvalue weighted by Gasteiger charge is -2.11. The van der Waals surface area contributed by atoms with E-state index in [4.69, 9.17) is 5.73 Å². The van der Waals surface area contributed by atoms with E-state index in [1.54, 1.807) is 13.1 Å². The number of anilines is 1. The highest BCUT2D eigenvalue weighted by molar-refractivity contribution is 7.93. The maximum atomic E-state index is 12.3. The van der Waals surface area contributed by atoms with Crippen molar-refractivity contribution in [3.8, 4) is 0 Å². The smallest absolute Gasteiger partial charge is 0.402 e. The van der Waals surface area contributed by atoms with E-state index in [2.05, 4.69) is 10.3 Å². The fourth-order valence-electron chi connectivity index (χ4n) is 1.96. The number of rotatable bonds is 8. The Balaban J connectivity index is 2.77. The van der Waals surface area contributed by atoms with Gasteiger partial charge in [0, 0.05) is 24.1 Å². The van der Waals surface area contributed by atoms with E-state index in [9.17, 15) is 21.6 Å². The molecule has 1 atom stereocenters. The first kappa shape index (κ1) is 21.8. The van der Waals surface area contributed by atoms with Gasteiger partial charge in [-0.15, -0.1) is 0 Å². The number of hydrogen-bond donors (Lipinski definition) is 3. The number of nitrogens with one attached hydrogen (secondary N) is 2. The summed E-state index contributed by atoms with van der Waals surface area (Å²) in [5.41, 5.74) is 2.66. The summed E-state index contributed by atoms with van der Waals surface area (Å²) in [6.45, 7) is 5.75. The van der Waals surface area contributed by atoms with Crippen LogP contribution in [0.4, 0.5) is 19.0 Å². The summed E-state index contributed by atoms with van der Waals surface area (Å²) < 4.78 is 60.5. The van der Waals surface area contributed by atoms with Crippen LogP contribution in [-0.4, -0.2) is 25.0 Å². The normalized spacial score (nSPS) is 14.8. The fraction of sp³-hybridized carbons (Fsp3) is 0.438. The summed E-state index contributed by atoms with van der Waals surface area (Å²) in [4.78, 5) is 3.71. The number of allylic oxidation sites excluding steroid dienone is 2. The van der Waals surface area contributed by atoms with Crippen molar-refractivity contribution < 1.29 is 21.6 Å². The van der Waals surface area contributed by atoms with Gasteiger partial charge in [0.25, 0.3) is 0 Å². The molecule has 0 radical (unpaired) electrons. The van der Waals surface area contributed by atoms with Crippen molar-refractivity contribution in [2.45, 2.75) is 45.2 Å². The number of halogens is 3. The van der Waals surface area contributed by atoms with Crippen molar-refractivity contribution in [1.29, 1.82) is 0 Å². The Morgan fingerprint density at radius 2 is 2.04 bits per heavy atom. The molecule has 0 saturated carbocycles. The lowest BCUT2D eigenvalue weighted by atomic mass is 10.1. The fourth-order valence-corrected chi connectivity index (χ4v) is 2.48. The Bertz CT molecular complexity index is 757. The van der Waals surface area contributed by atoms with Crippen molar-refractivity contribution in [2.75, 3.05) is 4.72 Å². The van der Waals surface area contributed by atoms with Gasteiger partial charge in [-0.1, -0.05) is 13.3 Å². The number of nitrogens with zero attached hydrogens (tertiary/aromatic N) is 1. The van der Waals surface area contributed by atoms with E-state index in [-0.39, 0.29) is 6.04 Å². The number of hydrogen-bond acceptors (Lipinski definition) is 5. The molecule has 0 spiro atoms. The third-order valence-electron chi connectivity index (χ3n) is 3.33. The highest BCUT2D eigenvalue weighted by Gasteiger charge is 2.46. The average Bonchev–Trinajstić information content (AvgIpc) is 2.52. The predicted octanol–water partition coefficient (Wildman–Crippen LogP) is 3.32. The zero-order valence-corrected chi connectivity index (χ0v) is 15.6. The molecule has 0 aliphatic carbocycles. The predicted molar refractivity (Wildman–Crippen MR) is 96.3 cm³/mol. The van der Waals surface area contributed by atoms with E-state index in [0.29, 0.717) is 5.56 Å². The zero-order chi connectivity index (χ0) is 20.0. The molecule has 0 aliphatic rings. The molecular weight excluding hydrogens is 369 g/mol. The minimum absolute atomic E-state index is 0.00216. The summed E-state index contributed by atoms with van der Waals surface area (Å²) in [5, 5.41) is 3.14. The van der Waals surface area contributed by atoms with Gasteiger partial charge in [0.1, 0.15) is 5.82 Å². The Morgan fingerprint density at radius 3 is 2.54 bits per heavy atom. The van der Waals surface area contributed by atoms with Crippen LogP contribution in [0.1, 0.15) is 39.2 Å². The zero-order valence-electron chi connectivity index (χ0n) is 14.8. The molecule has 1 rings (SSSR count).